The number of likely N-dealkylation sites (N-methyl/N-ethyl adjacent to an activating group) is 1. The Balaban J connectivity index is 0.00000420. The van der Waals surface area contributed by atoms with Gasteiger partial charge in [0.15, 0.2) is 17.5 Å². The van der Waals surface area contributed by atoms with Crippen molar-refractivity contribution in [2.24, 2.45) is 4.99 Å². The van der Waals surface area contributed by atoms with Crippen molar-refractivity contribution in [2.45, 2.75) is 19.9 Å². The Morgan fingerprint density at radius 1 is 1.10 bits per heavy atom. The van der Waals surface area contributed by atoms with Crippen LogP contribution in [0.3, 0.4) is 0 Å². The molecule has 0 aromatic heterocycles. The Morgan fingerprint density at radius 3 is 2.52 bits per heavy atom. The van der Waals surface area contributed by atoms with Crippen LogP contribution in [0.2, 0.25) is 0 Å². The Kier molecular flexibility index (Phi) is 10.9. The van der Waals surface area contributed by atoms with Gasteiger partial charge in [-0.25, -0.2) is 4.99 Å². The second-order valence-corrected chi connectivity index (χ2v) is 6.34. The highest BCUT2D eigenvalue weighted by Gasteiger charge is 2.08. The van der Waals surface area contributed by atoms with E-state index in [0.29, 0.717) is 12.1 Å². The fourth-order valence-electron chi connectivity index (χ4n) is 2.81. The summed E-state index contributed by atoms with van der Waals surface area (Å²) in [5.74, 6) is 2.31. The third kappa shape index (κ3) is 7.46. The molecule has 0 unspecified atom stereocenters. The van der Waals surface area contributed by atoms with Crippen LogP contribution in [0.4, 0.5) is 0 Å². The van der Waals surface area contributed by atoms with Crippen LogP contribution in [-0.2, 0) is 13.0 Å². The molecule has 0 heterocycles. The van der Waals surface area contributed by atoms with Gasteiger partial charge < -0.3 is 19.7 Å². The summed E-state index contributed by atoms with van der Waals surface area (Å²) in [5.41, 5.74) is 2.84. The molecule has 1 N–H and O–H groups in total. The van der Waals surface area contributed by atoms with Gasteiger partial charge in [0.2, 0.25) is 0 Å². The molecular formula is C22H29IN4O2. The number of nitrogens with zero attached hydrogens (tertiary/aromatic N) is 3. The van der Waals surface area contributed by atoms with Crippen molar-refractivity contribution in [3.8, 4) is 17.6 Å². The van der Waals surface area contributed by atoms with E-state index in [9.17, 15) is 0 Å². The number of rotatable bonds is 8. The van der Waals surface area contributed by atoms with Gasteiger partial charge in [0.05, 0.1) is 32.4 Å². The minimum atomic E-state index is 0. The standard InChI is InChI=1S/C22H28N4O2.HI/c1-5-24-22(25-16-19-8-6-7-18(13-19)15-23)26(2)12-11-17-9-10-20(27-3)21(14-17)28-4;/h6-10,13-14H,5,11-12,16H2,1-4H3,(H,24,25);1H. The van der Waals surface area contributed by atoms with E-state index >= 15 is 0 Å². The smallest absolute Gasteiger partial charge is 0.193 e. The second-order valence-electron chi connectivity index (χ2n) is 6.34. The van der Waals surface area contributed by atoms with Crippen molar-refractivity contribution in [3.05, 3.63) is 59.2 Å². The van der Waals surface area contributed by atoms with Gasteiger partial charge in [-0.15, -0.1) is 24.0 Å². The number of hydrogen-bond donors (Lipinski definition) is 1. The first-order chi connectivity index (χ1) is 13.6. The zero-order valence-electron chi connectivity index (χ0n) is 17.4. The summed E-state index contributed by atoms with van der Waals surface area (Å²) >= 11 is 0. The molecule has 2 aromatic carbocycles. The van der Waals surface area contributed by atoms with Gasteiger partial charge in [-0.3, -0.25) is 0 Å². The quantitative estimate of drug-likeness (QED) is 0.334. The molecule has 6 nitrogen and oxygen atoms in total. The molecular weight excluding hydrogens is 479 g/mol. The number of aliphatic imine (C=N–C) groups is 1. The van der Waals surface area contributed by atoms with Crippen LogP contribution in [0.1, 0.15) is 23.6 Å². The van der Waals surface area contributed by atoms with Crippen LogP contribution in [0.25, 0.3) is 0 Å². The Morgan fingerprint density at radius 2 is 1.86 bits per heavy atom. The fraction of sp³-hybridized carbons (Fsp3) is 0.364. The summed E-state index contributed by atoms with van der Waals surface area (Å²) in [6, 6.07) is 15.7. The third-order valence-electron chi connectivity index (χ3n) is 4.35. The molecule has 0 amide bonds. The van der Waals surface area contributed by atoms with E-state index in [0.717, 1.165) is 42.5 Å². The summed E-state index contributed by atoms with van der Waals surface area (Å²) in [4.78, 5) is 6.82. The first kappa shape index (κ1) is 24.6. The zero-order valence-corrected chi connectivity index (χ0v) is 19.8. The summed E-state index contributed by atoms with van der Waals surface area (Å²) in [6.45, 7) is 4.17. The highest BCUT2D eigenvalue weighted by molar-refractivity contribution is 14.0. The second kappa shape index (κ2) is 12.9. The fourth-order valence-corrected chi connectivity index (χ4v) is 2.81. The molecule has 0 bridgehead atoms. The summed E-state index contributed by atoms with van der Waals surface area (Å²) in [6.07, 6.45) is 0.852. The normalized spacial score (nSPS) is 10.5. The monoisotopic (exact) mass is 508 g/mol. The molecule has 0 saturated heterocycles. The molecule has 0 spiro atoms. The first-order valence-electron chi connectivity index (χ1n) is 9.30. The van der Waals surface area contributed by atoms with E-state index in [4.69, 9.17) is 19.7 Å². The minimum Gasteiger partial charge on any atom is -0.493 e. The van der Waals surface area contributed by atoms with Crippen LogP contribution < -0.4 is 14.8 Å². The Labute approximate surface area is 190 Å². The van der Waals surface area contributed by atoms with Crippen LogP contribution in [-0.4, -0.2) is 45.2 Å². The Bertz CT molecular complexity index is 849. The van der Waals surface area contributed by atoms with Crippen LogP contribution in [0.15, 0.2) is 47.5 Å². The molecule has 2 rings (SSSR count). The first-order valence-corrected chi connectivity index (χ1v) is 9.30. The largest absolute Gasteiger partial charge is 0.493 e. The molecule has 0 radical (unpaired) electrons. The highest BCUT2D eigenvalue weighted by atomic mass is 127. The molecule has 0 aliphatic carbocycles. The SMILES string of the molecule is CCNC(=NCc1cccc(C#N)c1)N(C)CCc1ccc(OC)c(OC)c1.I. The van der Waals surface area contributed by atoms with Crippen molar-refractivity contribution in [1.29, 1.82) is 5.26 Å². The van der Waals surface area contributed by atoms with Gasteiger partial charge in [0.25, 0.3) is 0 Å². The average molecular weight is 508 g/mol. The highest BCUT2D eigenvalue weighted by Crippen LogP contribution is 2.27. The lowest BCUT2D eigenvalue weighted by Crippen LogP contribution is -2.39. The van der Waals surface area contributed by atoms with Crippen molar-refractivity contribution in [3.63, 3.8) is 0 Å². The maximum Gasteiger partial charge on any atom is 0.193 e. The van der Waals surface area contributed by atoms with E-state index < -0.39 is 0 Å². The van der Waals surface area contributed by atoms with Crippen LogP contribution in [0, 0.1) is 11.3 Å². The lowest BCUT2D eigenvalue weighted by Gasteiger charge is -2.22. The van der Waals surface area contributed by atoms with Gasteiger partial charge >= 0.3 is 0 Å². The number of nitriles is 1. The zero-order chi connectivity index (χ0) is 20.4. The van der Waals surface area contributed by atoms with Crippen molar-refractivity contribution >= 4 is 29.9 Å². The number of methoxy groups -OCH3 is 2. The minimum absolute atomic E-state index is 0. The van der Waals surface area contributed by atoms with Gasteiger partial charge in [-0.2, -0.15) is 5.26 Å². The number of nitrogens with one attached hydrogen (secondary N) is 1. The van der Waals surface area contributed by atoms with Crippen LogP contribution in [0.5, 0.6) is 11.5 Å². The molecule has 0 saturated carbocycles. The van der Waals surface area contributed by atoms with E-state index in [-0.39, 0.29) is 24.0 Å². The summed E-state index contributed by atoms with van der Waals surface area (Å²) in [7, 11) is 5.30. The van der Waals surface area contributed by atoms with Crippen molar-refractivity contribution < 1.29 is 9.47 Å². The van der Waals surface area contributed by atoms with Gasteiger partial charge in [0, 0.05) is 20.1 Å². The molecule has 0 atom stereocenters. The topological polar surface area (TPSA) is 69.9 Å². The van der Waals surface area contributed by atoms with Gasteiger partial charge in [0.1, 0.15) is 0 Å². The van der Waals surface area contributed by atoms with Crippen LogP contribution >= 0.6 is 24.0 Å². The average Bonchev–Trinajstić information content (AvgIpc) is 2.74. The molecule has 0 fully saturated rings. The van der Waals surface area contributed by atoms with Crippen molar-refractivity contribution in [2.75, 3.05) is 34.4 Å². The molecule has 156 valence electrons. The third-order valence-corrected chi connectivity index (χ3v) is 4.35. The lowest BCUT2D eigenvalue weighted by atomic mass is 10.1. The number of benzene rings is 2. The van der Waals surface area contributed by atoms with Gasteiger partial charge in [-0.05, 0) is 48.7 Å². The number of hydrogen-bond acceptors (Lipinski definition) is 4. The molecule has 0 aliphatic heterocycles. The van der Waals surface area contributed by atoms with E-state index in [1.54, 1.807) is 20.3 Å². The van der Waals surface area contributed by atoms with E-state index in [1.807, 2.05) is 50.4 Å². The number of halogens is 1. The Hall–Kier alpha value is -2.47. The molecule has 0 aliphatic rings. The number of guanidine groups is 1. The number of ether oxygens (including phenoxy) is 2. The molecule has 29 heavy (non-hydrogen) atoms. The lowest BCUT2D eigenvalue weighted by molar-refractivity contribution is 0.354. The molecule has 2 aromatic rings. The van der Waals surface area contributed by atoms with Gasteiger partial charge in [-0.1, -0.05) is 18.2 Å². The van der Waals surface area contributed by atoms with E-state index in [1.165, 1.54) is 5.56 Å². The predicted molar refractivity (Wildman–Crippen MR) is 127 cm³/mol. The summed E-state index contributed by atoms with van der Waals surface area (Å²) < 4.78 is 10.7. The molecule has 7 heteroatoms. The van der Waals surface area contributed by atoms with Crippen molar-refractivity contribution in [1.82, 2.24) is 10.2 Å². The maximum atomic E-state index is 9.04. The maximum absolute atomic E-state index is 9.04. The van der Waals surface area contributed by atoms with E-state index in [2.05, 4.69) is 16.3 Å². The predicted octanol–water partition coefficient (Wildman–Crippen LogP) is 3.83. The summed E-state index contributed by atoms with van der Waals surface area (Å²) in [5, 5.41) is 12.4.